The fourth-order valence-corrected chi connectivity index (χ4v) is 4.05. The number of anilines is 2. The molecule has 1 aliphatic carbocycles. The smallest absolute Gasteiger partial charge is 0.224 e. The second-order valence-electron chi connectivity index (χ2n) is 7.36. The van der Waals surface area contributed by atoms with Crippen LogP contribution in [0.5, 0.6) is 0 Å². The summed E-state index contributed by atoms with van der Waals surface area (Å²) >= 11 is 0. The highest BCUT2D eigenvalue weighted by atomic mass is 16.3. The van der Waals surface area contributed by atoms with Crippen LogP contribution in [0.1, 0.15) is 61.4 Å². The first-order valence-electron chi connectivity index (χ1n) is 9.26. The topological polar surface area (TPSA) is 61.3 Å². The fraction of sp³-hybridized carbons (Fsp3) is 0.500. The number of aliphatic hydroxyl groups excluding tert-OH is 1. The molecule has 4 rings (SSSR count). The molecular weight excluding hydrogens is 312 g/mol. The quantitative estimate of drug-likeness (QED) is 0.790. The number of nitrogens with zero attached hydrogens (tertiary/aromatic N) is 3. The first-order chi connectivity index (χ1) is 12.2. The van der Waals surface area contributed by atoms with Crippen LogP contribution >= 0.6 is 0 Å². The lowest BCUT2D eigenvalue weighted by Gasteiger charge is -2.30. The maximum Gasteiger partial charge on any atom is 0.224 e. The summed E-state index contributed by atoms with van der Waals surface area (Å²) in [5.74, 6) is 2.66. The Morgan fingerprint density at radius 1 is 1.24 bits per heavy atom. The fourth-order valence-electron chi connectivity index (χ4n) is 4.05. The van der Waals surface area contributed by atoms with Crippen molar-refractivity contribution >= 4 is 11.8 Å². The zero-order valence-electron chi connectivity index (χ0n) is 14.9. The third-order valence-corrected chi connectivity index (χ3v) is 5.33. The van der Waals surface area contributed by atoms with Crippen molar-refractivity contribution < 1.29 is 5.11 Å². The Bertz CT molecular complexity index is 761. The van der Waals surface area contributed by atoms with Crippen molar-refractivity contribution in [3.05, 3.63) is 47.2 Å². The summed E-state index contributed by atoms with van der Waals surface area (Å²) < 4.78 is 0. The van der Waals surface area contributed by atoms with Crippen LogP contribution in [-0.4, -0.2) is 34.8 Å². The molecule has 5 nitrogen and oxygen atoms in total. The third kappa shape index (κ3) is 2.97. The van der Waals surface area contributed by atoms with Crippen LogP contribution in [0.25, 0.3) is 0 Å². The second kappa shape index (κ2) is 6.64. The number of nitrogens with one attached hydrogen (secondary N) is 1. The first kappa shape index (κ1) is 16.3. The van der Waals surface area contributed by atoms with E-state index < -0.39 is 0 Å². The Balaban J connectivity index is 1.64. The third-order valence-electron chi connectivity index (χ3n) is 5.33. The molecule has 25 heavy (non-hydrogen) atoms. The standard InChI is InChI=1S/C20H26N4O/c1-13(2)17-11-19(23-20(22-17)21-8-5-9-25)24-12-14-10-18(24)16-7-4-3-6-15(14)16/h3-4,6-7,11,13-14,18,25H,5,8-10,12H2,1-2H3,(H,21,22,23)/t14-,18+/m1/s1. The maximum absolute atomic E-state index is 8.99. The number of hydrogen-bond acceptors (Lipinski definition) is 5. The van der Waals surface area contributed by atoms with Crippen molar-refractivity contribution in [3.8, 4) is 0 Å². The van der Waals surface area contributed by atoms with Crippen LogP contribution in [0.4, 0.5) is 11.8 Å². The summed E-state index contributed by atoms with van der Waals surface area (Å²) in [4.78, 5) is 11.9. The first-order valence-corrected chi connectivity index (χ1v) is 9.26. The normalized spacial score (nSPS) is 21.0. The highest BCUT2D eigenvalue weighted by Gasteiger charge is 2.42. The van der Waals surface area contributed by atoms with E-state index in [0.717, 1.165) is 18.1 Å². The number of hydrogen-bond donors (Lipinski definition) is 2. The minimum atomic E-state index is 0.177. The van der Waals surface area contributed by atoms with Gasteiger partial charge in [-0.15, -0.1) is 0 Å². The number of benzene rings is 1. The van der Waals surface area contributed by atoms with Crippen molar-refractivity contribution in [3.63, 3.8) is 0 Å². The molecule has 2 aromatic rings. The lowest BCUT2D eigenvalue weighted by atomic mass is 9.99. The van der Waals surface area contributed by atoms with Gasteiger partial charge in [-0.3, -0.25) is 0 Å². The summed E-state index contributed by atoms with van der Waals surface area (Å²) in [5, 5.41) is 12.2. The van der Waals surface area contributed by atoms with Gasteiger partial charge >= 0.3 is 0 Å². The number of rotatable bonds is 6. The molecule has 2 bridgehead atoms. The van der Waals surface area contributed by atoms with E-state index in [4.69, 9.17) is 10.1 Å². The molecular formula is C20H26N4O. The van der Waals surface area contributed by atoms with Crippen molar-refractivity contribution in [1.82, 2.24) is 9.97 Å². The maximum atomic E-state index is 8.99. The van der Waals surface area contributed by atoms with E-state index in [0.29, 0.717) is 36.8 Å². The molecule has 1 aromatic carbocycles. The molecule has 0 radical (unpaired) electrons. The van der Waals surface area contributed by atoms with Crippen LogP contribution in [-0.2, 0) is 0 Å². The minimum absolute atomic E-state index is 0.177. The zero-order valence-corrected chi connectivity index (χ0v) is 14.9. The highest BCUT2D eigenvalue weighted by molar-refractivity contribution is 5.55. The Labute approximate surface area is 149 Å². The van der Waals surface area contributed by atoms with Gasteiger partial charge in [0.15, 0.2) is 0 Å². The molecule has 1 saturated heterocycles. The molecule has 2 aliphatic rings. The average molecular weight is 338 g/mol. The molecule has 1 fully saturated rings. The summed E-state index contributed by atoms with van der Waals surface area (Å²) in [6, 6.07) is 11.4. The molecule has 1 aromatic heterocycles. The predicted octanol–water partition coefficient (Wildman–Crippen LogP) is 3.44. The van der Waals surface area contributed by atoms with E-state index in [1.54, 1.807) is 0 Å². The molecule has 2 heterocycles. The largest absolute Gasteiger partial charge is 0.396 e. The van der Waals surface area contributed by atoms with Crippen LogP contribution < -0.4 is 10.2 Å². The molecule has 0 amide bonds. The Morgan fingerprint density at radius 2 is 2.04 bits per heavy atom. The summed E-state index contributed by atoms with van der Waals surface area (Å²) in [6.45, 7) is 6.22. The van der Waals surface area contributed by atoms with E-state index in [2.05, 4.69) is 59.4 Å². The molecule has 2 atom stereocenters. The van der Waals surface area contributed by atoms with Crippen LogP contribution in [0.2, 0.25) is 0 Å². The van der Waals surface area contributed by atoms with E-state index in [1.165, 1.54) is 17.5 Å². The van der Waals surface area contributed by atoms with Crippen LogP contribution in [0, 0.1) is 0 Å². The van der Waals surface area contributed by atoms with Gasteiger partial charge in [0, 0.05) is 31.7 Å². The molecule has 0 unspecified atom stereocenters. The van der Waals surface area contributed by atoms with Gasteiger partial charge in [0.1, 0.15) is 5.82 Å². The SMILES string of the molecule is CC(C)c1cc(N2C[C@H]3C[C@H]2c2ccccc23)nc(NCCCO)n1. The van der Waals surface area contributed by atoms with Crippen LogP contribution in [0.3, 0.4) is 0 Å². The van der Waals surface area contributed by atoms with E-state index >= 15 is 0 Å². The van der Waals surface area contributed by atoms with Gasteiger partial charge in [-0.25, -0.2) is 4.98 Å². The predicted molar refractivity (Wildman–Crippen MR) is 100 cm³/mol. The van der Waals surface area contributed by atoms with Crippen molar-refractivity contribution in [2.75, 3.05) is 29.9 Å². The second-order valence-corrected chi connectivity index (χ2v) is 7.36. The van der Waals surface area contributed by atoms with Gasteiger partial charge < -0.3 is 15.3 Å². The molecule has 132 valence electrons. The van der Waals surface area contributed by atoms with Crippen molar-refractivity contribution in [1.29, 1.82) is 0 Å². The van der Waals surface area contributed by atoms with Gasteiger partial charge in [0.25, 0.3) is 0 Å². The number of aromatic nitrogens is 2. The van der Waals surface area contributed by atoms with E-state index in [1.807, 2.05) is 0 Å². The molecule has 5 heteroatoms. The molecule has 0 saturated carbocycles. The van der Waals surface area contributed by atoms with Crippen LogP contribution in [0.15, 0.2) is 30.3 Å². The Morgan fingerprint density at radius 3 is 2.80 bits per heavy atom. The average Bonchev–Trinajstić information content (AvgIpc) is 3.21. The lowest BCUT2D eigenvalue weighted by molar-refractivity contribution is 0.292. The number of aliphatic hydroxyl groups is 1. The Hall–Kier alpha value is -2.14. The van der Waals surface area contributed by atoms with Gasteiger partial charge in [-0.2, -0.15) is 4.98 Å². The summed E-state index contributed by atoms with van der Waals surface area (Å²) in [6.07, 6.45) is 1.89. The summed E-state index contributed by atoms with van der Waals surface area (Å²) in [5.41, 5.74) is 4.04. The van der Waals surface area contributed by atoms with Crippen molar-refractivity contribution in [2.45, 2.75) is 44.6 Å². The Kier molecular flexibility index (Phi) is 4.34. The highest BCUT2D eigenvalue weighted by Crippen LogP contribution is 2.51. The van der Waals surface area contributed by atoms with Gasteiger partial charge in [-0.05, 0) is 29.9 Å². The zero-order chi connectivity index (χ0) is 17.4. The molecule has 1 aliphatic heterocycles. The lowest BCUT2D eigenvalue weighted by Crippen LogP contribution is -2.28. The van der Waals surface area contributed by atoms with Gasteiger partial charge in [0.05, 0.1) is 11.7 Å². The van der Waals surface area contributed by atoms with Gasteiger partial charge in [-0.1, -0.05) is 38.1 Å². The van der Waals surface area contributed by atoms with Crippen molar-refractivity contribution in [2.24, 2.45) is 0 Å². The monoisotopic (exact) mass is 338 g/mol. The minimum Gasteiger partial charge on any atom is -0.396 e. The summed E-state index contributed by atoms with van der Waals surface area (Å²) in [7, 11) is 0. The molecule has 2 N–H and O–H groups in total. The number of fused-ring (bicyclic) bond motifs is 5. The van der Waals surface area contributed by atoms with E-state index in [-0.39, 0.29) is 6.61 Å². The molecule has 0 spiro atoms. The van der Waals surface area contributed by atoms with Gasteiger partial charge in [0.2, 0.25) is 5.95 Å². The van der Waals surface area contributed by atoms with E-state index in [9.17, 15) is 0 Å².